The van der Waals surface area contributed by atoms with E-state index >= 15 is 0 Å². The van der Waals surface area contributed by atoms with Gasteiger partial charge in [0.25, 0.3) is 0 Å². The molecule has 0 radical (unpaired) electrons. The molecule has 0 rings (SSSR count). The van der Waals surface area contributed by atoms with Crippen molar-refractivity contribution in [2.45, 2.75) is 32.7 Å². The van der Waals surface area contributed by atoms with Crippen molar-refractivity contribution in [1.82, 2.24) is 10.6 Å². The average molecular weight is 218 g/mol. The van der Waals surface area contributed by atoms with Crippen molar-refractivity contribution in [3.8, 4) is 0 Å². The van der Waals surface area contributed by atoms with Crippen molar-refractivity contribution in [2.24, 2.45) is 5.92 Å². The summed E-state index contributed by atoms with van der Waals surface area (Å²) < 4.78 is 5.45. The number of rotatable bonds is 10. The number of aliphatic hydroxyl groups is 1. The summed E-state index contributed by atoms with van der Waals surface area (Å²) in [6.45, 7) is 6.89. The molecule has 0 fully saturated rings. The molecule has 0 amide bonds. The van der Waals surface area contributed by atoms with Crippen molar-refractivity contribution in [3.63, 3.8) is 0 Å². The van der Waals surface area contributed by atoms with E-state index in [9.17, 15) is 0 Å². The molecule has 0 saturated carbocycles. The Bertz CT molecular complexity index is 120. The minimum absolute atomic E-state index is 0.230. The highest BCUT2D eigenvalue weighted by Gasteiger charge is 2.01. The Kier molecular flexibility index (Phi) is 10.3. The van der Waals surface area contributed by atoms with E-state index in [2.05, 4.69) is 17.6 Å². The molecule has 0 aromatic heterocycles. The number of aliphatic hydroxyl groups excluding tert-OH is 1. The molecule has 15 heavy (non-hydrogen) atoms. The molecule has 0 spiro atoms. The minimum atomic E-state index is 0.230. The molecule has 0 aliphatic heterocycles. The van der Waals surface area contributed by atoms with Crippen LogP contribution in [-0.2, 0) is 4.74 Å². The van der Waals surface area contributed by atoms with Gasteiger partial charge in [-0.15, -0.1) is 0 Å². The van der Waals surface area contributed by atoms with E-state index in [-0.39, 0.29) is 6.61 Å². The van der Waals surface area contributed by atoms with Gasteiger partial charge in [0.05, 0.1) is 6.73 Å². The maximum atomic E-state index is 8.68. The first-order chi connectivity index (χ1) is 7.20. The van der Waals surface area contributed by atoms with Crippen LogP contribution in [0.4, 0.5) is 0 Å². The smallest absolute Gasteiger partial charge is 0.0967 e. The van der Waals surface area contributed by atoms with Crippen LogP contribution in [0.5, 0.6) is 0 Å². The largest absolute Gasteiger partial charge is 0.396 e. The van der Waals surface area contributed by atoms with Gasteiger partial charge in [-0.3, -0.25) is 5.32 Å². The lowest BCUT2D eigenvalue weighted by molar-refractivity contribution is 0.0962. The topological polar surface area (TPSA) is 53.5 Å². The third-order valence-corrected chi connectivity index (χ3v) is 2.40. The van der Waals surface area contributed by atoms with Crippen molar-refractivity contribution < 1.29 is 9.84 Å². The highest BCUT2D eigenvalue weighted by atomic mass is 16.5. The summed E-state index contributed by atoms with van der Waals surface area (Å²) in [5.41, 5.74) is 0. The van der Waals surface area contributed by atoms with Crippen LogP contribution < -0.4 is 10.6 Å². The lowest BCUT2D eigenvalue weighted by atomic mass is 10.1. The number of nitrogens with one attached hydrogen (secondary N) is 2. The summed E-state index contributed by atoms with van der Waals surface area (Å²) in [6, 6.07) is 0.324. The second-order valence-corrected chi connectivity index (χ2v) is 4.12. The third kappa shape index (κ3) is 10.1. The van der Waals surface area contributed by atoms with E-state index in [1.54, 1.807) is 0 Å². The van der Waals surface area contributed by atoms with Gasteiger partial charge in [-0.25, -0.2) is 0 Å². The molecule has 0 heterocycles. The molecular formula is C11H26N2O2. The van der Waals surface area contributed by atoms with Crippen molar-refractivity contribution >= 4 is 0 Å². The highest BCUT2D eigenvalue weighted by Crippen LogP contribution is 1.99. The molecule has 2 unspecified atom stereocenters. The summed E-state index contributed by atoms with van der Waals surface area (Å²) in [5, 5.41) is 15.0. The minimum Gasteiger partial charge on any atom is -0.396 e. The molecular weight excluding hydrogens is 192 g/mol. The molecule has 0 saturated heterocycles. The maximum absolute atomic E-state index is 8.68. The molecule has 4 heteroatoms. The van der Waals surface area contributed by atoms with Gasteiger partial charge in [-0.05, 0) is 39.3 Å². The standard InChI is InChI=1S/C11H26N2O2/c1-10(8-12-3)5-7-15-9-13-11(2)4-6-14/h10-14H,4-9H2,1-3H3. The quantitative estimate of drug-likeness (QED) is 0.370. The van der Waals surface area contributed by atoms with Crippen LogP contribution in [0.25, 0.3) is 0 Å². The SMILES string of the molecule is CNCC(C)CCOCNC(C)CCO. The van der Waals surface area contributed by atoms with Crippen LogP contribution in [0.15, 0.2) is 0 Å². The fourth-order valence-electron chi connectivity index (χ4n) is 1.30. The van der Waals surface area contributed by atoms with E-state index in [4.69, 9.17) is 9.84 Å². The Balaban J connectivity index is 3.17. The predicted octanol–water partition coefficient (Wildman–Crippen LogP) is 0.567. The normalized spacial score (nSPS) is 15.2. The van der Waals surface area contributed by atoms with Crippen molar-refractivity contribution in [2.75, 3.05) is 33.5 Å². The average Bonchev–Trinajstić information content (AvgIpc) is 2.18. The van der Waals surface area contributed by atoms with Gasteiger partial charge in [-0.1, -0.05) is 6.92 Å². The van der Waals surface area contributed by atoms with Crippen molar-refractivity contribution in [3.05, 3.63) is 0 Å². The van der Waals surface area contributed by atoms with Crippen LogP contribution in [0.1, 0.15) is 26.7 Å². The Morgan fingerprint density at radius 3 is 2.60 bits per heavy atom. The lowest BCUT2D eigenvalue weighted by Crippen LogP contribution is -2.29. The Labute approximate surface area is 93.4 Å². The molecule has 3 N–H and O–H groups in total. The van der Waals surface area contributed by atoms with Crippen molar-refractivity contribution in [1.29, 1.82) is 0 Å². The van der Waals surface area contributed by atoms with Crippen LogP contribution in [0, 0.1) is 5.92 Å². The van der Waals surface area contributed by atoms with E-state index < -0.39 is 0 Å². The van der Waals surface area contributed by atoms with Crippen LogP contribution >= 0.6 is 0 Å². The Morgan fingerprint density at radius 1 is 1.27 bits per heavy atom. The summed E-state index contributed by atoms with van der Waals surface area (Å²) in [6.07, 6.45) is 1.86. The molecule has 4 nitrogen and oxygen atoms in total. The fourth-order valence-corrected chi connectivity index (χ4v) is 1.30. The zero-order chi connectivity index (χ0) is 11.5. The van der Waals surface area contributed by atoms with E-state index in [1.165, 1.54) is 0 Å². The molecule has 0 aromatic rings. The van der Waals surface area contributed by atoms with E-state index in [0.717, 1.165) is 26.0 Å². The fraction of sp³-hybridized carbons (Fsp3) is 1.00. The number of ether oxygens (including phenoxy) is 1. The number of hydrogen-bond donors (Lipinski definition) is 3. The summed E-state index contributed by atoms with van der Waals surface area (Å²) in [5.74, 6) is 0.657. The van der Waals surface area contributed by atoms with Gasteiger partial charge in [0.2, 0.25) is 0 Å². The molecule has 0 aliphatic rings. The first kappa shape index (κ1) is 14.8. The van der Waals surface area contributed by atoms with Gasteiger partial charge < -0.3 is 15.2 Å². The van der Waals surface area contributed by atoms with Gasteiger partial charge in [0, 0.05) is 19.3 Å². The van der Waals surface area contributed by atoms with E-state index in [1.807, 2.05) is 14.0 Å². The second-order valence-electron chi connectivity index (χ2n) is 4.12. The monoisotopic (exact) mass is 218 g/mol. The Hall–Kier alpha value is -0.160. The molecule has 0 aromatic carbocycles. The molecule has 2 atom stereocenters. The van der Waals surface area contributed by atoms with Gasteiger partial charge in [0.1, 0.15) is 0 Å². The van der Waals surface area contributed by atoms with E-state index in [0.29, 0.717) is 18.7 Å². The lowest BCUT2D eigenvalue weighted by Gasteiger charge is -2.14. The molecule has 0 bridgehead atoms. The highest BCUT2D eigenvalue weighted by molar-refractivity contribution is 4.57. The second kappa shape index (κ2) is 10.4. The first-order valence-corrected chi connectivity index (χ1v) is 5.77. The van der Waals surface area contributed by atoms with Crippen LogP contribution in [0.3, 0.4) is 0 Å². The Morgan fingerprint density at radius 2 is 2.00 bits per heavy atom. The van der Waals surface area contributed by atoms with Crippen LogP contribution in [0.2, 0.25) is 0 Å². The molecule has 92 valence electrons. The summed E-state index contributed by atoms with van der Waals surface area (Å²) in [7, 11) is 1.97. The summed E-state index contributed by atoms with van der Waals surface area (Å²) in [4.78, 5) is 0. The van der Waals surface area contributed by atoms with Gasteiger partial charge in [-0.2, -0.15) is 0 Å². The molecule has 0 aliphatic carbocycles. The van der Waals surface area contributed by atoms with Crippen LogP contribution in [-0.4, -0.2) is 44.7 Å². The van der Waals surface area contributed by atoms with Gasteiger partial charge in [0.15, 0.2) is 0 Å². The zero-order valence-corrected chi connectivity index (χ0v) is 10.3. The first-order valence-electron chi connectivity index (χ1n) is 5.77. The third-order valence-electron chi connectivity index (χ3n) is 2.40. The number of hydrogen-bond acceptors (Lipinski definition) is 4. The zero-order valence-electron chi connectivity index (χ0n) is 10.3. The summed E-state index contributed by atoms with van der Waals surface area (Å²) >= 11 is 0. The predicted molar refractivity (Wildman–Crippen MR) is 62.8 cm³/mol. The van der Waals surface area contributed by atoms with Gasteiger partial charge >= 0.3 is 0 Å². The maximum Gasteiger partial charge on any atom is 0.0967 e.